The zero-order valence-corrected chi connectivity index (χ0v) is 12.1. The van der Waals surface area contributed by atoms with Crippen LogP contribution in [-0.2, 0) is 0 Å². The Morgan fingerprint density at radius 3 is 2.65 bits per heavy atom. The maximum atomic E-state index is 6.22. The molecule has 1 N–H and O–H groups in total. The predicted molar refractivity (Wildman–Crippen MR) is 73.8 cm³/mol. The van der Waals surface area contributed by atoms with E-state index in [9.17, 15) is 0 Å². The monoisotopic (exact) mass is 257 g/mol. The van der Waals surface area contributed by atoms with Gasteiger partial charge in [0.1, 0.15) is 0 Å². The van der Waals surface area contributed by atoms with Crippen molar-refractivity contribution in [2.45, 2.75) is 52.5 Å². The molecule has 0 amide bonds. The number of nitrogens with zero attached hydrogens (tertiary/aromatic N) is 2. The summed E-state index contributed by atoms with van der Waals surface area (Å²) in [6.45, 7) is 10.8. The molecule has 17 heavy (non-hydrogen) atoms. The van der Waals surface area contributed by atoms with Crippen molar-refractivity contribution < 1.29 is 0 Å². The van der Waals surface area contributed by atoms with Gasteiger partial charge in [0.15, 0.2) is 0 Å². The Kier molecular flexibility index (Phi) is 6.00. The van der Waals surface area contributed by atoms with E-state index < -0.39 is 0 Å². The first-order valence-corrected chi connectivity index (χ1v) is 6.89. The molecule has 0 spiro atoms. The van der Waals surface area contributed by atoms with Crippen molar-refractivity contribution in [3.05, 3.63) is 16.9 Å². The lowest BCUT2D eigenvalue weighted by molar-refractivity contribution is 0.477. The average molecular weight is 258 g/mol. The van der Waals surface area contributed by atoms with Gasteiger partial charge in [0, 0.05) is 12.0 Å². The zero-order valence-electron chi connectivity index (χ0n) is 11.3. The fourth-order valence-electron chi connectivity index (χ4n) is 1.98. The first kappa shape index (κ1) is 14.5. The van der Waals surface area contributed by atoms with Gasteiger partial charge in [0.05, 0.1) is 16.9 Å². The first-order chi connectivity index (χ1) is 8.07. The summed E-state index contributed by atoms with van der Waals surface area (Å²) in [6, 6.07) is 0.364. The second kappa shape index (κ2) is 7.02. The quantitative estimate of drug-likeness (QED) is 0.757. The highest BCUT2D eigenvalue weighted by molar-refractivity contribution is 6.31. The molecule has 0 aliphatic heterocycles. The minimum absolute atomic E-state index is 0.364. The Hall–Kier alpha value is -0.540. The molecule has 1 heterocycles. The Balaban J connectivity index is 2.61. The van der Waals surface area contributed by atoms with E-state index in [0.29, 0.717) is 12.0 Å². The van der Waals surface area contributed by atoms with Gasteiger partial charge in [0.25, 0.3) is 0 Å². The van der Waals surface area contributed by atoms with Crippen LogP contribution in [0.3, 0.4) is 0 Å². The Bertz CT molecular complexity index is 333. The third-order valence-corrected chi connectivity index (χ3v) is 3.22. The topological polar surface area (TPSA) is 29.9 Å². The van der Waals surface area contributed by atoms with E-state index in [1.54, 1.807) is 6.20 Å². The number of hydrogen-bond acceptors (Lipinski definition) is 2. The van der Waals surface area contributed by atoms with Gasteiger partial charge >= 0.3 is 0 Å². The molecule has 0 aliphatic rings. The first-order valence-electron chi connectivity index (χ1n) is 6.51. The standard InChI is InChI=1S/C13H24ClN3/c1-5-7-15-8-6-11(4)13-12(14)9-16-17(13)10(2)3/h9-11,15H,5-8H2,1-4H3. The zero-order chi connectivity index (χ0) is 12.8. The minimum Gasteiger partial charge on any atom is -0.317 e. The third-order valence-electron chi connectivity index (χ3n) is 2.92. The molecule has 1 aromatic rings. The lowest BCUT2D eigenvalue weighted by atomic mass is 10.0. The molecule has 0 radical (unpaired) electrons. The van der Waals surface area contributed by atoms with Crippen molar-refractivity contribution >= 4 is 11.6 Å². The van der Waals surface area contributed by atoms with Crippen LogP contribution in [0.15, 0.2) is 6.20 Å². The van der Waals surface area contributed by atoms with Crippen LogP contribution in [0.2, 0.25) is 5.02 Å². The molecule has 0 saturated carbocycles. The Morgan fingerprint density at radius 2 is 2.06 bits per heavy atom. The molecule has 0 aliphatic carbocycles. The van der Waals surface area contributed by atoms with Gasteiger partial charge in [0.2, 0.25) is 0 Å². The van der Waals surface area contributed by atoms with E-state index in [4.69, 9.17) is 11.6 Å². The fraction of sp³-hybridized carbons (Fsp3) is 0.769. The SMILES string of the molecule is CCCNCCC(C)c1c(Cl)cnn1C(C)C. The fourth-order valence-corrected chi connectivity index (χ4v) is 2.30. The summed E-state index contributed by atoms with van der Waals surface area (Å²) in [5.74, 6) is 0.441. The molecule has 1 atom stereocenters. The van der Waals surface area contributed by atoms with Gasteiger partial charge in [-0.1, -0.05) is 25.4 Å². The molecule has 1 aromatic heterocycles. The summed E-state index contributed by atoms with van der Waals surface area (Å²) in [7, 11) is 0. The van der Waals surface area contributed by atoms with Crippen LogP contribution in [0.4, 0.5) is 0 Å². The van der Waals surface area contributed by atoms with Crippen LogP contribution in [0.25, 0.3) is 0 Å². The molecule has 0 bridgehead atoms. The highest BCUT2D eigenvalue weighted by Crippen LogP contribution is 2.28. The lowest BCUT2D eigenvalue weighted by Gasteiger charge is -2.17. The van der Waals surface area contributed by atoms with Crippen molar-refractivity contribution in [3.8, 4) is 0 Å². The van der Waals surface area contributed by atoms with Crippen molar-refractivity contribution in [1.29, 1.82) is 0 Å². The van der Waals surface area contributed by atoms with E-state index in [-0.39, 0.29) is 0 Å². The smallest absolute Gasteiger partial charge is 0.0820 e. The van der Waals surface area contributed by atoms with Crippen LogP contribution >= 0.6 is 11.6 Å². The van der Waals surface area contributed by atoms with Crippen molar-refractivity contribution in [1.82, 2.24) is 15.1 Å². The highest BCUT2D eigenvalue weighted by atomic mass is 35.5. The lowest BCUT2D eigenvalue weighted by Crippen LogP contribution is -2.19. The molecular formula is C13H24ClN3. The Labute approximate surface area is 110 Å². The number of hydrogen-bond donors (Lipinski definition) is 1. The molecule has 3 nitrogen and oxygen atoms in total. The average Bonchev–Trinajstić information content (AvgIpc) is 2.66. The summed E-state index contributed by atoms with van der Waals surface area (Å²) < 4.78 is 2.03. The summed E-state index contributed by atoms with van der Waals surface area (Å²) in [6.07, 6.45) is 4.03. The molecule has 1 unspecified atom stereocenters. The van der Waals surface area contributed by atoms with E-state index >= 15 is 0 Å². The number of rotatable bonds is 7. The second-order valence-corrected chi connectivity index (χ2v) is 5.26. The molecular weight excluding hydrogens is 234 g/mol. The van der Waals surface area contributed by atoms with Gasteiger partial charge in [-0.2, -0.15) is 5.10 Å². The second-order valence-electron chi connectivity index (χ2n) is 4.86. The maximum absolute atomic E-state index is 6.22. The minimum atomic E-state index is 0.364. The predicted octanol–water partition coefficient (Wildman–Crippen LogP) is 3.61. The highest BCUT2D eigenvalue weighted by Gasteiger charge is 2.17. The van der Waals surface area contributed by atoms with Crippen molar-refractivity contribution in [3.63, 3.8) is 0 Å². The normalized spacial score (nSPS) is 13.3. The molecule has 0 saturated heterocycles. The maximum Gasteiger partial charge on any atom is 0.0820 e. The summed E-state index contributed by atoms with van der Waals surface area (Å²) >= 11 is 6.22. The van der Waals surface area contributed by atoms with E-state index in [1.807, 2.05) is 4.68 Å². The number of aromatic nitrogens is 2. The summed E-state index contributed by atoms with van der Waals surface area (Å²) in [5, 5.41) is 8.56. The largest absolute Gasteiger partial charge is 0.317 e. The molecule has 98 valence electrons. The Morgan fingerprint density at radius 1 is 1.35 bits per heavy atom. The summed E-state index contributed by atoms with van der Waals surface area (Å²) in [4.78, 5) is 0. The molecule has 4 heteroatoms. The van der Waals surface area contributed by atoms with Crippen LogP contribution in [0.1, 0.15) is 58.2 Å². The van der Waals surface area contributed by atoms with Crippen LogP contribution in [-0.4, -0.2) is 22.9 Å². The van der Waals surface area contributed by atoms with Gasteiger partial charge in [-0.05, 0) is 39.8 Å². The third kappa shape index (κ3) is 4.00. The van der Waals surface area contributed by atoms with Gasteiger partial charge in [-0.3, -0.25) is 4.68 Å². The molecule has 1 rings (SSSR count). The van der Waals surface area contributed by atoms with E-state index in [0.717, 1.165) is 24.5 Å². The van der Waals surface area contributed by atoms with E-state index in [1.165, 1.54) is 12.1 Å². The number of halogens is 1. The van der Waals surface area contributed by atoms with Gasteiger partial charge in [-0.25, -0.2) is 0 Å². The molecule has 0 fully saturated rings. The van der Waals surface area contributed by atoms with Crippen LogP contribution in [0.5, 0.6) is 0 Å². The number of nitrogens with one attached hydrogen (secondary N) is 1. The molecule has 0 aromatic carbocycles. The van der Waals surface area contributed by atoms with Crippen molar-refractivity contribution in [2.24, 2.45) is 0 Å². The van der Waals surface area contributed by atoms with Crippen molar-refractivity contribution in [2.75, 3.05) is 13.1 Å². The van der Waals surface area contributed by atoms with Gasteiger partial charge in [-0.15, -0.1) is 0 Å². The van der Waals surface area contributed by atoms with E-state index in [2.05, 4.69) is 38.1 Å². The van der Waals surface area contributed by atoms with Crippen LogP contribution < -0.4 is 5.32 Å². The van der Waals surface area contributed by atoms with Crippen LogP contribution in [0, 0.1) is 0 Å². The van der Waals surface area contributed by atoms with Gasteiger partial charge < -0.3 is 5.32 Å². The summed E-state index contributed by atoms with van der Waals surface area (Å²) in [5.41, 5.74) is 1.17.